The molecule has 8 heteroatoms. The maximum Gasteiger partial charge on any atom is 0.209 e. The smallest absolute Gasteiger partial charge is 0.209 e. The Labute approximate surface area is 288 Å². The van der Waals surface area contributed by atoms with Crippen molar-refractivity contribution in [2.75, 3.05) is 7.11 Å². The average Bonchev–Trinajstić information content (AvgIpc) is 3.03. The van der Waals surface area contributed by atoms with Crippen molar-refractivity contribution in [3.05, 3.63) is 88.1 Å². The lowest BCUT2D eigenvalue weighted by Gasteiger charge is -2.59. The third kappa shape index (κ3) is 5.08. The van der Waals surface area contributed by atoms with Crippen molar-refractivity contribution >= 4 is 17.3 Å². The van der Waals surface area contributed by atoms with E-state index in [-0.39, 0.29) is 35.6 Å². The van der Waals surface area contributed by atoms with Crippen LogP contribution in [-0.4, -0.2) is 50.5 Å². The molecular weight excluding hydrogens is 620 g/mol. The minimum atomic E-state index is -2.63. The fourth-order valence-corrected chi connectivity index (χ4v) is 10.0. The molecule has 8 nitrogen and oxygen atoms in total. The second-order valence-corrected chi connectivity index (χ2v) is 15.7. The van der Waals surface area contributed by atoms with E-state index in [1.165, 1.54) is 11.6 Å². The van der Waals surface area contributed by atoms with Crippen LogP contribution in [0.1, 0.15) is 88.2 Å². The monoisotopic (exact) mass is 668 g/mol. The van der Waals surface area contributed by atoms with Crippen molar-refractivity contribution in [1.29, 1.82) is 0 Å². The quantitative estimate of drug-likeness (QED) is 0.175. The molecule has 49 heavy (non-hydrogen) atoms. The van der Waals surface area contributed by atoms with Gasteiger partial charge in [-0.1, -0.05) is 64.6 Å². The van der Waals surface area contributed by atoms with E-state index in [1.807, 2.05) is 32.9 Å². The number of ether oxygens (including phenoxy) is 1. The second-order valence-electron chi connectivity index (χ2n) is 15.7. The highest BCUT2D eigenvalue weighted by Crippen LogP contribution is 2.65. The Kier molecular flexibility index (Phi) is 8.50. The Morgan fingerprint density at radius 1 is 1.00 bits per heavy atom. The number of aromatic hydroxyl groups is 1. The molecule has 2 aromatic carbocycles. The van der Waals surface area contributed by atoms with Gasteiger partial charge in [-0.2, -0.15) is 0 Å². The number of phenolic OH excluding ortho intramolecular Hbond substituents is 1. The van der Waals surface area contributed by atoms with Gasteiger partial charge in [0.05, 0.1) is 18.4 Å². The molecule has 0 bridgehead atoms. The van der Waals surface area contributed by atoms with Crippen LogP contribution in [0.3, 0.4) is 0 Å². The molecule has 4 aliphatic carbocycles. The second kappa shape index (κ2) is 12.0. The molecule has 2 aromatic rings. The van der Waals surface area contributed by atoms with Crippen molar-refractivity contribution in [1.82, 2.24) is 0 Å². The third-order valence-corrected chi connectivity index (χ3v) is 12.2. The van der Waals surface area contributed by atoms with Gasteiger partial charge in [-0.05, 0) is 92.0 Å². The van der Waals surface area contributed by atoms with Crippen LogP contribution in [0.25, 0.3) is 11.1 Å². The number of phenols is 1. The number of carbonyl (C=O) groups is 3. The first kappa shape index (κ1) is 34.7. The minimum Gasteiger partial charge on any atom is -0.511 e. The number of hydrogen-bond donors (Lipinski definition) is 4. The van der Waals surface area contributed by atoms with E-state index < -0.39 is 56.8 Å². The van der Waals surface area contributed by atoms with E-state index >= 15 is 0 Å². The molecule has 0 amide bonds. The minimum absolute atomic E-state index is 0.0241. The Bertz CT molecular complexity index is 1820. The van der Waals surface area contributed by atoms with Crippen LogP contribution in [0, 0.1) is 34.5 Å². The van der Waals surface area contributed by atoms with Gasteiger partial charge in [0.1, 0.15) is 22.8 Å². The van der Waals surface area contributed by atoms with Crippen molar-refractivity contribution in [3.63, 3.8) is 0 Å². The van der Waals surface area contributed by atoms with Crippen LogP contribution >= 0.6 is 0 Å². The zero-order chi connectivity index (χ0) is 35.8. The molecular formula is C41H48O8. The fraction of sp³-hybridized carbons (Fsp3) is 0.488. The van der Waals surface area contributed by atoms with Crippen molar-refractivity contribution in [3.8, 4) is 16.9 Å². The largest absolute Gasteiger partial charge is 0.511 e. The first-order valence-corrected chi connectivity index (χ1v) is 17.4. The number of aliphatic hydroxyl groups is 3. The van der Waals surface area contributed by atoms with Crippen molar-refractivity contribution in [2.45, 2.75) is 85.2 Å². The van der Waals surface area contributed by atoms with Gasteiger partial charge < -0.3 is 25.2 Å². The summed E-state index contributed by atoms with van der Waals surface area (Å²) in [5.41, 5.74) is -2.35. The van der Waals surface area contributed by atoms with Gasteiger partial charge in [-0.3, -0.25) is 14.4 Å². The summed E-state index contributed by atoms with van der Waals surface area (Å²) < 4.78 is 5.37. The van der Waals surface area contributed by atoms with E-state index in [1.54, 1.807) is 20.1 Å². The Balaban J connectivity index is 1.38. The molecule has 6 rings (SSSR count). The van der Waals surface area contributed by atoms with Gasteiger partial charge in [0.2, 0.25) is 5.78 Å². The fourth-order valence-electron chi connectivity index (χ4n) is 10.0. The molecule has 0 spiro atoms. The van der Waals surface area contributed by atoms with Gasteiger partial charge >= 0.3 is 0 Å². The number of ketones is 3. The van der Waals surface area contributed by atoms with Gasteiger partial charge in [0, 0.05) is 28.2 Å². The summed E-state index contributed by atoms with van der Waals surface area (Å²) in [6, 6.07) is 11.6. The Morgan fingerprint density at radius 2 is 1.63 bits per heavy atom. The highest BCUT2D eigenvalue weighted by atomic mass is 16.5. The number of carbonyl (C=O) groups excluding carboxylic acids is 3. The first-order chi connectivity index (χ1) is 23.0. The Morgan fingerprint density at radius 3 is 2.20 bits per heavy atom. The summed E-state index contributed by atoms with van der Waals surface area (Å²) in [5, 5.41) is 46.6. The molecule has 4 atom stereocenters. The van der Waals surface area contributed by atoms with E-state index in [9.17, 15) is 34.8 Å². The number of fused-ring (bicyclic) bond motifs is 3. The molecule has 0 radical (unpaired) electrons. The predicted octanol–water partition coefficient (Wildman–Crippen LogP) is 7.52. The maximum absolute atomic E-state index is 14.4. The molecule has 0 saturated heterocycles. The van der Waals surface area contributed by atoms with Crippen LogP contribution in [0.4, 0.5) is 0 Å². The lowest BCUT2D eigenvalue weighted by molar-refractivity contribution is -0.171. The number of hydrogen-bond acceptors (Lipinski definition) is 8. The van der Waals surface area contributed by atoms with Gasteiger partial charge in [0.25, 0.3) is 0 Å². The topological polar surface area (TPSA) is 141 Å². The molecule has 0 aliphatic heterocycles. The number of benzene rings is 2. The summed E-state index contributed by atoms with van der Waals surface area (Å²) in [7, 11) is 1.68. The zero-order valence-electron chi connectivity index (χ0n) is 29.4. The number of methoxy groups -OCH3 is 1. The summed E-state index contributed by atoms with van der Waals surface area (Å²) in [6.45, 7) is 12.3. The van der Waals surface area contributed by atoms with Crippen LogP contribution in [0.2, 0.25) is 0 Å². The van der Waals surface area contributed by atoms with Crippen LogP contribution in [0.15, 0.2) is 71.4 Å². The van der Waals surface area contributed by atoms with Crippen molar-refractivity contribution < 1.29 is 39.5 Å². The molecule has 1 unspecified atom stereocenters. The standard InChI is InChI=1S/C41H48O8/c1-21(2)33-35(44)31(22(3)42)37(46)41(48)38(47)34-36(45)32-29(19-39(34,5)20-40(33,41)6)28(16-17-30(32)43)27-14-10-25(11-15-27)18-24-8-12-26(13-9-24)23(4)49-7/h10-11,14-17,21,24,26,33,43-44,47-48H,4,8-9,12-13,18-20H2,1-3,5-7H3/t24?,26?,33?,39-,40-,41+/m1/s1. The summed E-state index contributed by atoms with van der Waals surface area (Å²) in [5.74, 6) is -3.31. The lowest BCUT2D eigenvalue weighted by atomic mass is 9.44. The van der Waals surface area contributed by atoms with Gasteiger partial charge in [-0.25, -0.2) is 0 Å². The van der Waals surface area contributed by atoms with E-state index in [4.69, 9.17) is 4.74 Å². The highest BCUT2D eigenvalue weighted by Gasteiger charge is 2.71. The molecule has 1 fully saturated rings. The van der Waals surface area contributed by atoms with Crippen LogP contribution in [-0.2, 0) is 27.2 Å². The number of aliphatic hydroxyl groups excluding tert-OH is 2. The third-order valence-electron chi connectivity index (χ3n) is 12.2. The van der Waals surface area contributed by atoms with E-state index in [2.05, 4.69) is 18.7 Å². The molecule has 4 N–H and O–H groups in total. The number of allylic oxidation sites excluding steroid dienone is 3. The maximum atomic E-state index is 14.4. The molecule has 0 aromatic heterocycles. The van der Waals surface area contributed by atoms with Crippen LogP contribution < -0.4 is 0 Å². The normalized spacial score (nSPS) is 31.3. The summed E-state index contributed by atoms with van der Waals surface area (Å²) >= 11 is 0. The lowest BCUT2D eigenvalue weighted by Crippen LogP contribution is -2.67. The Hall–Kier alpha value is -4.17. The number of Topliss-reactive ketones (excluding diaryl/α,β-unsaturated/α-hetero) is 3. The number of rotatable bonds is 7. The first-order valence-electron chi connectivity index (χ1n) is 17.4. The molecule has 1 saturated carbocycles. The molecule has 260 valence electrons. The van der Waals surface area contributed by atoms with Gasteiger partial charge in [0.15, 0.2) is 17.2 Å². The van der Waals surface area contributed by atoms with Crippen molar-refractivity contribution in [2.24, 2.45) is 34.5 Å². The summed E-state index contributed by atoms with van der Waals surface area (Å²) in [6.07, 6.45) is 5.63. The zero-order valence-corrected chi connectivity index (χ0v) is 29.4. The molecule has 0 heterocycles. The van der Waals surface area contributed by atoms with E-state index in [0.29, 0.717) is 17.4 Å². The van der Waals surface area contributed by atoms with Crippen LogP contribution in [0.5, 0.6) is 5.75 Å². The predicted molar refractivity (Wildman–Crippen MR) is 186 cm³/mol. The van der Waals surface area contributed by atoms with E-state index in [0.717, 1.165) is 55.9 Å². The average molecular weight is 669 g/mol. The molecule has 4 aliphatic rings. The highest BCUT2D eigenvalue weighted by molar-refractivity contribution is 6.25. The SMILES string of the molecule is C=C(OC)C1CCC(Cc2ccc(-c3ccc(O)c4c3C[C@]3(C)C[C@]5(C)C(C(C)C)C(O)=C(C(C)=O)C(=O)[C@]5(O)C(O)=C3C4=O)cc2)CC1. The summed E-state index contributed by atoms with van der Waals surface area (Å²) in [4.78, 5) is 40.9. The van der Waals surface area contributed by atoms with Gasteiger partial charge in [-0.15, -0.1) is 0 Å².